The van der Waals surface area contributed by atoms with Gasteiger partial charge in [0.25, 0.3) is 0 Å². The summed E-state index contributed by atoms with van der Waals surface area (Å²) in [6.45, 7) is 6.28. The van der Waals surface area contributed by atoms with E-state index in [4.69, 9.17) is 25.9 Å². The molecule has 1 aliphatic rings. The number of rotatable bonds is 6. The minimum atomic E-state index is -0.341. The number of benzene rings is 2. The quantitative estimate of drug-likeness (QED) is 0.545. The zero-order valence-corrected chi connectivity index (χ0v) is 20.7. The highest BCUT2D eigenvalue weighted by molar-refractivity contribution is 5.91. The van der Waals surface area contributed by atoms with Gasteiger partial charge in [0.2, 0.25) is 11.9 Å². The minimum absolute atomic E-state index is 0. The summed E-state index contributed by atoms with van der Waals surface area (Å²) in [4.78, 5) is 25.4. The van der Waals surface area contributed by atoms with Gasteiger partial charge in [-0.15, -0.1) is 12.4 Å². The van der Waals surface area contributed by atoms with E-state index in [0.29, 0.717) is 53.8 Å². The van der Waals surface area contributed by atoms with Gasteiger partial charge in [-0.05, 0) is 36.6 Å². The highest BCUT2D eigenvalue weighted by Crippen LogP contribution is 2.36. The summed E-state index contributed by atoms with van der Waals surface area (Å²) in [5.74, 6) is 1.73. The molecule has 0 saturated carbocycles. The van der Waals surface area contributed by atoms with Crippen molar-refractivity contribution in [2.45, 2.75) is 19.9 Å². The summed E-state index contributed by atoms with van der Waals surface area (Å²) in [7, 11) is 3.16. The topological polar surface area (TPSA) is 120 Å². The molecular formula is C24H31ClN6O3. The Morgan fingerprint density at radius 1 is 1.09 bits per heavy atom. The van der Waals surface area contributed by atoms with E-state index in [0.717, 1.165) is 0 Å². The van der Waals surface area contributed by atoms with E-state index in [1.807, 2.05) is 12.1 Å². The highest BCUT2D eigenvalue weighted by Gasteiger charge is 2.32. The van der Waals surface area contributed by atoms with Crippen molar-refractivity contribution >= 4 is 41.0 Å². The van der Waals surface area contributed by atoms with Gasteiger partial charge in [0, 0.05) is 31.1 Å². The maximum Gasteiger partial charge on any atom is 0.231 e. The number of hydrogen-bond acceptors (Lipinski definition) is 8. The Morgan fingerprint density at radius 2 is 1.74 bits per heavy atom. The smallest absolute Gasteiger partial charge is 0.231 e. The number of aromatic nitrogens is 2. The van der Waals surface area contributed by atoms with Crippen LogP contribution in [0.5, 0.6) is 11.5 Å². The Balaban J connectivity index is 0.00000324. The normalized spacial score (nSPS) is 16.2. The Kier molecular flexibility index (Phi) is 7.68. The molecule has 0 aliphatic carbocycles. The van der Waals surface area contributed by atoms with Crippen LogP contribution in [0.1, 0.15) is 22.7 Å². The maximum atomic E-state index is 11.8. The SMILES string of the molecule is COc1cc2nc(N3CCN(CC(N)=O)C(c4c(C)cccc4C)C3)nc(N)c2cc1OC.Cl. The first-order valence-corrected chi connectivity index (χ1v) is 10.8. The molecule has 1 unspecified atom stereocenters. The summed E-state index contributed by atoms with van der Waals surface area (Å²) < 4.78 is 10.8. The van der Waals surface area contributed by atoms with Crippen molar-refractivity contribution in [3.8, 4) is 11.5 Å². The lowest BCUT2D eigenvalue weighted by Gasteiger charge is -2.42. The van der Waals surface area contributed by atoms with Crippen LogP contribution < -0.4 is 25.8 Å². The average molecular weight is 487 g/mol. The van der Waals surface area contributed by atoms with Crippen LogP contribution >= 0.6 is 12.4 Å². The van der Waals surface area contributed by atoms with E-state index in [-0.39, 0.29) is 30.9 Å². The molecule has 0 bridgehead atoms. The van der Waals surface area contributed by atoms with E-state index in [1.54, 1.807) is 20.3 Å². The van der Waals surface area contributed by atoms with Gasteiger partial charge in [-0.2, -0.15) is 4.98 Å². The molecule has 182 valence electrons. The third-order valence-electron chi connectivity index (χ3n) is 6.23. The van der Waals surface area contributed by atoms with Gasteiger partial charge in [-0.25, -0.2) is 4.98 Å². The fourth-order valence-corrected chi connectivity index (χ4v) is 4.63. The van der Waals surface area contributed by atoms with Crippen LogP contribution in [0.3, 0.4) is 0 Å². The van der Waals surface area contributed by atoms with Gasteiger partial charge >= 0.3 is 0 Å². The molecule has 1 fully saturated rings. The Morgan fingerprint density at radius 3 is 2.35 bits per heavy atom. The summed E-state index contributed by atoms with van der Waals surface area (Å²) in [5, 5.41) is 0.704. The first kappa shape index (κ1) is 25.3. The first-order chi connectivity index (χ1) is 15.8. The van der Waals surface area contributed by atoms with Crippen LogP contribution in [0, 0.1) is 13.8 Å². The molecule has 1 amide bonds. The third kappa shape index (κ3) is 4.80. The van der Waals surface area contributed by atoms with Crippen molar-refractivity contribution in [2.75, 3.05) is 51.0 Å². The Labute approximate surface area is 205 Å². The van der Waals surface area contributed by atoms with Gasteiger partial charge in [-0.3, -0.25) is 9.69 Å². The van der Waals surface area contributed by atoms with Gasteiger partial charge < -0.3 is 25.8 Å². The molecule has 10 heteroatoms. The van der Waals surface area contributed by atoms with Crippen LogP contribution in [0.2, 0.25) is 0 Å². The van der Waals surface area contributed by atoms with Crippen molar-refractivity contribution in [3.63, 3.8) is 0 Å². The van der Waals surface area contributed by atoms with Gasteiger partial charge in [0.05, 0.1) is 32.3 Å². The molecule has 1 saturated heterocycles. The predicted molar refractivity (Wildman–Crippen MR) is 136 cm³/mol. The van der Waals surface area contributed by atoms with Gasteiger partial charge in [-0.1, -0.05) is 18.2 Å². The maximum absolute atomic E-state index is 11.8. The second kappa shape index (κ2) is 10.3. The zero-order chi connectivity index (χ0) is 23.7. The monoisotopic (exact) mass is 486 g/mol. The molecule has 4 N–H and O–H groups in total. The predicted octanol–water partition coefficient (Wildman–Crippen LogP) is 2.62. The molecule has 4 rings (SSSR count). The van der Waals surface area contributed by atoms with E-state index < -0.39 is 0 Å². The number of fused-ring (bicyclic) bond motifs is 1. The summed E-state index contributed by atoms with van der Waals surface area (Å²) in [5.41, 5.74) is 16.1. The lowest BCUT2D eigenvalue weighted by Crippen LogP contribution is -2.51. The molecular weight excluding hydrogens is 456 g/mol. The summed E-state index contributed by atoms with van der Waals surface area (Å²) in [6.07, 6.45) is 0. The fourth-order valence-electron chi connectivity index (χ4n) is 4.63. The number of primary amides is 1. The third-order valence-corrected chi connectivity index (χ3v) is 6.23. The number of nitrogens with two attached hydrogens (primary N) is 2. The van der Waals surface area contributed by atoms with Gasteiger partial charge in [0.1, 0.15) is 5.82 Å². The lowest BCUT2D eigenvalue weighted by molar-refractivity contribution is -0.119. The molecule has 0 radical (unpaired) electrons. The second-order valence-corrected chi connectivity index (χ2v) is 8.34. The highest BCUT2D eigenvalue weighted by atomic mass is 35.5. The number of nitrogen functional groups attached to an aromatic ring is 1. The Hall–Kier alpha value is -3.30. The van der Waals surface area contributed by atoms with Gasteiger partial charge in [0.15, 0.2) is 11.5 Å². The number of ether oxygens (including phenoxy) is 2. The van der Waals surface area contributed by atoms with Crippen molar-refractivity contribution in [2.24, 2.45) is 5.73 Å². The van der Waals surface area contributed by atoms with Crippen LogP contribution in [0.25, 0.3) is 10.9 Å². The van der Waals surface area contributed by atoms with Crippen LogP contribution in [-0.2, 0) is 4.79 Å². The van der Waals surface area contributed by atoms with Crippen molar-refractivity contribution < 1.29 is 14.3 Å². The second-order valence-electron chi connectivity index (χ2n) is 8.34. The van der Waals surface area contributed by atoms with Crippen molar-refractivity contribution in [1.82, 2.24) is 14.9 Å². The van der Waals surface area contributed by atoms with E-state index in [9.17, 15) is 4.79 Å². The molecule has 34 heavy (non-hydrogen) atoms. The number of carbonyl (C=O) groups is 1. The molecule has 2 aromatic carbocycles. The molecule has 1 atom stereocenters. The molecule has 0 spiro atoms. The number of nitrogens with zero attached hydrogens (tertiary/aromatic N) is 4. The minimum Gasteiger partial charge on any atom is -0.493 e. The number of carbonyl (C=O) groups excluding carboxylic acids is 1. The molecule has 1 aromatic heterocycles. The molecule has 2 heterocycles. The molecule has 9 nitrogen and oxygen atoms in total. The van der Waals surface area contributed by atoms with E-state index in [2.05, 4.69) is 40.8 Å². The number of anilines is 2. The van der Waals surface area contributed by atoms with Crippen LogP contribution in [0.4, 0.5) is 11.8 Å². The molecule has 1 aliphatic heterocycles. The molecule has 3 aromatic rings. The Bertz CT molecular complexity index is 1180. The van der Waals surface area contributed by atoms with Crippen molar-refractivity contribution in [1.29, 1.82) is 0 Å². The average Bonchev–Trinajstić information content (AvgIpc) is 2.78. The number of amides is 1. The first-order valence-electron chi connectivity index (χ1n) is 10.8. The number of methoxy groups -OCH3 is 2. The van der Waals surface area contributed by atoms with Crippen molar-refractivity contribution in [3.05, 3.63) is 47.0 Å². The standard InChI is InChI=1S/C24H30N6O3.ClH/c1-14-6-5-7-15(2)22(14)18-12-30(9-8-29(18)13-21(25)31)24-27-17-11-20(33-4)19(32-3)10-16(17)23(26)28-24;/h5-7,10-11,18H,8-9,12-13H2,1-4H3,(H2,25,31)(H2,26,27,28);1H. The van der Waals surface area contributed by atoms with Crippen LogP contribution in [0.15, 0.2) is 30.3 Å². The number of piperazine rings is 1. The summed E-state index contributed by atoms with van der Waals surface area (Å²) >= 11 is 0. The number of aryl methyl sites for hydroxylation is 2. The van der Waals surface area contributed by atoms with E-state index in [1.165, 1.54) is 16.7 Å². The number of halogens is 1. The zero-order valence-electron chi connectivity index (χ0n) is 19.9. The fraction of sp³-hybridized carbons (Fsp3) is 0.375. The largest absolute Gasteiger partial charge is 0.493 e. The van der Waals surface area contributed by atoms with Crippen LogP contribution in [-0.4, -0.2) is 61.2 Å². The summed E-state index contributed by atoms with van der Waals surface area (Å²) in [6, 6.07) is 9.79. The van der Waals surface area contributed by atoms with E-state index >= 15 is 0 Å². The number of hydrogen-bond donors (Lipinski definition) is 2. The lowest BCUT2D eigenvalue weighted by atomic mass is 9.93.